The molecule has 1 aromatic carbocycles. The molecule has 0 heterocycles. The highest BCUT2D eigenvalue weighted by Gasteiger charge is 2.55. The molecule has 0 aromatic heterocycles. The Bertz CT molecular complexity index is 436. The van der Waals surface area contributed by atoms with E-state index in [4.69, 9.17) is 15.2 Å². The van der Waals surface area contributed by atoms with Crippen LogP contribution in [0.3, 0.4) is 0 Å². The summed E-state index contributed by atoms with van der Waals surface area (Å²) in [7, 11) is 3.32. The molecule has 3 heteroatoms. The van der Waals surface area contributed by atoms with E-state index in [0.717, 1.165) is 23.3 Å². The lowest BCUT2D eigenvalue weighted by Gasteiger charge is -2.16. The van der Waals surface area contributed by atoms with Gasteiger partial charge in [0.25, 0.3) is 0 Å². The van der Waals surface area contributed by atoms with Gasteiger partial charge in [-0.3, -0.25) is 0 Å². The van der Waals surface area contributed by atoms with Crippen molar-refractivity contribution in [2.24, 2.45) is 23.5 Å². The Morgan fingerprint density at radius 1 is 1.11 bits per heavy atom. The zero-order chi connectivity index (χ0) is 12.7. The third-order valence-electron chi connectivity index (χ3n) is 4.68. The van der Waals surface area contributed by atoms with Crippen molar-refractivity contribution in [2.75, 3.05) is 14.2 Å². The first-order chi connectivity index (χ1) is 8.76. The highest BCUT2D eigenvalue weighted by Crippen LogP contribution is 2.61. The molecule has 2 aliphatic carbocycles. The van der Waals surface area contributed by atoms with Crippen LogP contribution in [0.25, 0.3) is 0 Å². The number of methoxy groups -OCH3 is 2. The number of benzene rings is 1. The fourth-order valence-corrected chi connectivity index (χ4v) is 3.69. The summed E-state index contributed by atoms with van der Waals surface area (Å²) < 4.78 is 10.6. The van der Waals surface area contributed by atoms with Crippen LogP contribution in [-0.4, -0.2) is 14.2 Å². The second-order valence-electron chi connectivity index (χ2n) is 5.48. The number of hydrogen-bond donors (Lipinski definition) is 1. The van der Waals surface area contributed by atoms with E-state index in [9.17, 15) is 0 Å². The molecule has 3 rings (SSSR count). The average Bonchev–Trinajstić information content (AvgIpc) is 2.89. The molecule has 0 spiro atoms. The van der Waals surface area contributed by atoms with Gasteiger partial charge in [-0.15, -0.1) is 0 Å². The van der Waals surface area contributed by atoms with Crippen LogP contribution in [0, 0.1) is 17.8 Å². The number of fused-ring (bicyclic) bond motifs is 1. The first kappa shape index (κ1) is 11.8. The van der Waals surface area contributed by atoms with Crippen molar-refractivity contribution < 1.29 is 9.47 Å². The van der Waals surface area contributed by atoms with Crippen molar-refractivity contribution in [1.82, 2.24) is 0 Å². The summed E-state index contributed by atoms with van der Waals surface area (Å²) in [4.78, 5) is 0. The maximum Gasteiger partial charge on any atom is 0.161 e. The molecule has 18 heavy (non-hydrogen) atoms. The van der Waals surface area contributed by atoms with Crippen molar-refractivity contribution in [1.29, 1.82) is 0 Å². The monoisotopic (exact) mass is 247 g/mol. The molecule has 0 radical (unpaired) electrons. The van der Waals surface area contributed by atoms with Crippen molar-refractivity contribution >= 4 is 0 Å². The maximum atomic E-state index is 6.41. The lowest BCUT2D eigenvalue weighted by Crippen LogP contribution is -2.15. The fourth-order valence-electron chi connectivity index (χ4n) is 3.69. The molecular formula is C15H21NO2. The molecule has 0 saturated heterocycles. The minimum Gasteiger partial charge on any atom is -0.493 e. The highest BCUT2D eigenvalue weighted by molar-refractivity contribution is 5.44. The number of rotatable bonds is 4. The van der Waals surface area contributed by atoms with E-state index >= 15 is 0 Å². The quantitative estimate of drug-likeness (QED) is 0.889. The molecule has 2 saturated carbocycles. The van der Waals surface area contributed by atoms with Crippen molar-refractivity contribution in [3.8, 4) is 11.5 Å². The van der Waals surface area contributed by atoms with Gasteiger partial charge in [-0.2, -0.15) is 0 Å². The van der Waals surface area contributed by atoms with Crippen LogP contribution in [0.2, 0.25) is 0 Å². The number of hydrogen-bond acceptors (Lipinski definition) is 3. The van der Waals surface area contributed by atoms with Crippen LogP contribution in [-0.2, 0) is 0 Å². The van der Waals surface area contributed by atoms with Gasteiger partial charge in [-0.25, -0.2) is 0 Å². The molecule has 0 bridgehead atoms. The Kier molecular flexibility index (Phi) is 2.94. The average molecular weight is 247 g/mol. The molecule has 3 nitrogen and oxygen atoms in total. The molecule has 2 fully saturated rings. The third-order valence-corrected chi connectivity index (χ3v) is 4.68. The van der Waals surface area contributed by atoms with Crippen molar-refractivity contribution in [2.45, 2.75) is 25.3 Å². The largest absolute Gasteiger partial charge is 0.493 e. The van der Waals surface area contributed by atoms with Crippen LogP contribution >= 0.6 is 0 Å². The van der Waals surface area contributed by atoms with E-state index in [0.29, 0.717) is 5.92 Å². The van der Waals surface area contributed by atoms with Crippen LogP contribution in [0.5, 0.6) is 11.5 Å². The fraction of sp³-hybridized carbons (Fsp3) is 0.600. The summed E-state index contributed by atoms with van der Waals surface area (Å²) in [5.41, 5.74) is 7.58. The van der Waals surface area contributed by atoms with Gasteiger partial charge in [0.1, 0.15) is 0 Å². The van der Waals surface area contributed by atoms with Crippen molar-refractivity contribution in [3.63, 3.8) is 0 Å². The van der Waals surface area contributed by atoms with E-state index in [1.54, 1.807) is 14.2 Å². The molecule has 0 amide bonds. The smallest absolute Gasteiger partial charge is 0.161 e. The molecule has 98 valence electrons. The highest BCUT2D eigenvalue weighted by atomic mass is 16.5. The lowest BCUT2D eigenvalue weighted by atomic mass is 9.97. The Morgan fingerprint density at radius 2 is 1.78 bits per heavy atom. The summed E-state index contributed by atoms with van der Waals surface area (Å²) >= 11 is 0. The normalized spacial score (nSPS) is 30.7. The van der Waals surface area contributed by atoms with Gasteiger partial charge < -0.3 is 15.2 Å². The molecule has 2 aliphatic rings. The molecule has 0 aliphatic heterocycles. The zero-order valence-corrected chi connectivity index (χ0v) is 11.1. The SMILES string of the molecule is COc1ccc(C(N)C2C3CCCC32)cc1OC. The van der Waals surface area contributed by atoms with E-state index in [-0.39, 0.29) is 6.04 Å². The number of ether oxygens (including phenoxy) is 2. The van der Waals surface area contributed by atoms with E-state index in [1.807, 2.05) is 12.1 Å². The topological polar surface area (TPSA) is 44.5 Å². The lowest BCUT2D eigenvalue weighted by molar-refractivity contribution is 0.353. The number of nitrogens with two attached hydrogens (primary N) is 1. The molecular weight excluding hydrogens is 226 g/mol. The maximum absolute atomic E-state index is 6.41. The molecule has 3 unspecified atom stereocenters. The second kappa shape index (κ2) is 4.47. The minimum absolute atomic E-state index is 0.153. The van der Waals surface area contributed by atoms with Crippen LogP contribution in [0.4, 0.5) is 0 Å². The van der Waals surface area contributed by atoms with Gasteiger partial charge in [0.2, 0.25) is 0 Å². The summed E-state index contributed by atoms with van der Waals surface area (Å²) in [5.74, 6) is 4.00. The third kappa shape index (κ3) is 1.77. The Labute approximate surface area is 108 Å². The Balaban J connectivity index is 1.79. The van der Waals surface area contributed by atoms with Gasteiger partial charge in [0.05, 0.1) is 14.2 Å². The molecule has 1 aromatic rings. The van der Waals surface area contributed by atoms with E-state index in [2.05, 4.69) is 6.07 Å². The first-order valence-electron chi connectivity index (χ1n) is 6.73. The van der Waals surface area contributed by atoms with Gasteiger partial charge in [0.15, 0.2) is 11.5 Å². The zero-order valence-electron chi connectivity index (χ0n) is 11.1. The van der Waals surface area contributed by atoms with Crippen LogP contribution in [0.1, 0.15) is 30.9 Å². The standard InChI is InChI=1S/C15H21NO2/c1-17-12-7-6-9(8-13(12)18-2)15(16)14-10-4-3-5-11(10)14/h6-8,10-11,14-15H,3-5,16H2,1-2H3. The van der Waals surface area contributed by atoms with Crippen LogP contribution in [0.15, 0.2) is 18.2 Å². The summed E-state index contributed by atoms with van der Waals surface area (Å²) in [6, 6.07) is 6.20. The predicted molar refractivity (Wildman–Crippen MR) is 70.8 cm³/mol. The minimum atomic E-state index is 0.153. The summed E-state index contributed by atoms with van der Waals surface area (Å²) in [5, 5.41) is 0. The Morgan fingerprint density at radius 3 is 2.39 bits per heavy atom. The van der Waals surface area contributed by atoms with Crippen LogP contribution < -0.4 is 15.2 Å². The van der Waals surface area contributed by atoms with Gasteiger partial charge >= 0.3 is 0 Å². The van der Waals surface area contributed by atoms with E-state index in [1.165, 1.54) is 24.8 Å². The van der Waals surface area contributed by atoms with Gasteiger partial charge in [-0.05, 0) is 48.3 Å². The van der Waals surface area contributed by atoms with Crippen molar-refractivity contribution in [3.05, 3.63) is 23.8 Å². The molecule has 2 N–H and O–H groups in total. The first-order valence-corrected chi connectivity index (χ1v) is 6.73. The second-order valence-corrected chi connectivity index (χ2v) is 5.48. The molecule has 3 atom stereocenters. The summed E-state index contributed by atoms with van der Waals surface area (Å²) in [6.07, 6.45) is 4.14. The van der Waals surface area contributed by atoms with E-state index < -0.39 is 0 Å². The van der Waals surface area contributed by atoms with Gasteiger partial charge in [-0.1, -0.05) is 12.5 Å². The Hall–Kier alpha value is -1.22. The predicted octanol–water partition coefficient (Wildman–Crippen LogP) is 2.75. The van der Waals surface area contributed by atoms with Gasteiger partial charge in [0, 0.05) is 6.04 Å². The summed E-state index contributed by atoms with van der Waals surface area (Å²) in [6.45, 7) is 0.